The number of amidine groups is 1. The summed E-state index contributed by atoms with van der Waals surface area (Å²) in [6.45, 7) is 4.72. The molecule has 0 N–H and O–H groups in total. The Balaban J connectivity index is 1.44. The summed E-state index contributed by atoms with van der Waals surface area (Å²) in [6, 6.07) is 33.5. The fourth-order valence-electron chi connectivity index (χ4n) is 5.19. The number of benzene rings is 4. The molecule has 1 atom stereocenters. The van der Waals surface area contributed by atoms with E-state index in [9.17, 15) is 4.79 Å². The molecule has 4 nitrogen and oxygen atoms in total. The van der Waals surface area contributed by atoms with Gasteiger partial charge < -0.3 is 4.57 Å². The molecule has 1 amide bonds. The molecular weight excluding hydrogens is 569 g/mol. The van der Waals surface area contributed by atoms with E-state index >= 15 is 0 Å². The van der Waals surface area contributed by atoms with Crippen molar-refractivity contribution in [2.24, 2.45) is 4.99 Å². The van der Waals surface area contributed by atoms with E-state index in [-0.39, 0.29) is 11.9 Å². The number of carbonyl (C=O) groups excluding carboxylic acids is 1. The lowest BCUT2D eigenvalue weighted by Crippen LogP contribution is -2.32. The van der Waals surface area contributed by atoms with E-state index in [0.717, 1.165) is 39.0 Å². The largest absolute Gasteiger partial charge is 0.340 e. The molecule has 204 valence electrons. The summed E-state index contributed by atoms with van der Waals surface area (Å²) in [5.41, 5.74) is 5.97. The monoisotopic (exact) mass is 595 g/mol. The first-order chi connectivity index (χ1) is 19.9. The molecule has 1 aromatic heterocycles. The Morgan fingerprint density at radius 1 is 0.902 bits per heavy atom. The third-order valence-electron chi connectivity index (χ3n) is 7.39. The Labute approximate surface area is 253 Å². The van der Waals surface area contributed by atoms with Crippen molar-refractivity contribution in [2.45, 2.75) is 26.4 Å². The Bertz CT molecular complexity index is 1810. The van der Waals surface area contributed by atoms with Gasteiger partial charge in [-0.25, -0.2) is 4.99 Å². The number of hydrogen-bond acceptors (Lipinski definition) is 3. The van der Waals surface area contributed by atoms with Crippen molar-refractivity contribution in [3.05, 3.63) is 140 Å². The molecule has 0 radical (unpaired) electrons. The molecule has 7 heteroatoms. The summed E-state index contributed by atoms with van der Waals surface area (Å²) < 4.78 is 2.24. The Morgan fingerprint density at radius 3 is 2.32 bits per heavy atom. The molecule has 5 aromatic rings. The minimum absolute atomic E-state index is 0.0574. The van der Waals surface area contributed by atoms with Crippen molar-refractivity contribution in [3.63, 3.8) is 0 Å². The Morgan fingerprint density at radius 2 is 1.59 bits per heavy atom. The highest BCUT2D eigenvalue weighted by molar-refractivity contribution is 8.18. The Hall–Kier alpha value is -3.77. The number of aromatic nitrogens is 1. The van der Waals surface area contributed by atoms with Crippen LogP contribution in [0.25, 0.3) is 17.0 Å². The normalized spacial score (nSPS) is 16.3. The molecule has 1 aliphatic heterocycles. The van der Waals surface area contributed by atoms with Crippen LogP contribution in [0.15, 0.2) is 113 Å². The van der Waals surface area contributed by atoms with Crippen LogP contribution in [0.5, 0.6) is 0 Å². The lowest BCUT2D eigenvalue weighted by atomic mass is 10.1. The summed E-state index contributed by atoms with van der Waals surface area (Å²) in [5, 5.41) is 2.98. The molecular formula is C34H27Cl2N3OS. The summed E-state index contributed by atoms with van der Waals surface area (Å²) >= 11 is 14.1. The zero-order valence-corrected chi connectivity index (χ0v) is 24.9. The summed E-state index contributed by atoms with van der Waals surface area (Å²) in [7, 11) is 0. The van der Waals surface area contributed by atoms with Crippen molar-refractivity contribution < 1.29 is 4.79 Å². The maximum Gasteiger partial charge on any atom is 0.267 e. The lowest BCUT2D eigenvalue weighted by Gasteiger charge is -2.24. The van der Waals surface area contributed by atoms with Gasteiger partial charge in [0, 0.05) is 38.8 Å². The fourth-order valence-corrected chi connectivity index (χ4v) is 6.71. The van der Waals surface area contributed by atoms with E-state index in [1.54, 1.807) is 11.0 Å². The highest BCUT2D eigenvalue weighted by atomic mass is 35.5. The van der Waals surface area contributed by atoms with Gasteiger partial charge in [0.25, 0.3) is 5.91 Å². The van der Waals surface area contributed by atoms with Crippen LogP contribution >= 0.6 is 35.0 Å². The number of hydrogen-bond donors (Lipinski definition) is 0. The summed E-state index contributed by atoms with van der Waals surface area (Å²) in [6.07, 6.45) is 2.02. The van der Waals surface area contributed by atoms with Crippen molar-refractivity contribution in [2.75, 3.05) is 0 Å². The van der Waals surface area contributed by atoms with Gasteiger partial charge in [0.2, 0.25) is 0 Å². The SMILES string of the molecule is Cc1c(/C=C2/SC(=Nc3ccccc3)N([C@H](C)c3ccccc3)C2=O)c2ccccc2n1Cc1ccc(Cl)cc1Cl. The molecule has 1 aliphatic rings. The highest BCUT2D eigenvalue weighted by Crippen LogP contribution is 2.41. The van der Waals surface area contributed by atoms with Crippen LogP contribution in [0.2, 0.25) is 10.0 Å². The molecule has 41 heavy (non-hydrogen) atoms. The second-order valence-corrected chi connectivity index (χ2v) is 11.8. The first kappa shape index (κ1) is 27.4. The number of fused-ring (bicyclic) bond motifs is 1. The van der Waals surface area contributed by atoms with Gasteiger partial charge in [-0.1, -0.05) is 96.0 Å². The molecule has 0 aliphatic carbocycles. The first-order valence-corrected chi connectivity index (χ1v) is 14.9. The molecule has 0 unspecified atom stereocenters. The minimum atomic E-state index is -0.181. The number of rotatable bonds is 6. The van der Waals surface area contributed by atoms with Crippen LogP contribution in [0, 0.1) is 6.92 Å². The third-order valence-corrected chi connectivity index (χ3v) is 8.96. The number of nitrogens with zero attached hydrogens (tertiary/aromatic N) is 3. The molecule has 4 aromatic carbocycles. The summed E-state index contributed by atoms with van der Waals surface area (Å²) in [5.74, 6) is -0.0574. The van der Waals surface area contributed by atoms with Crippen molar-refractivity contribution in [1.82, 2.24) is 9.47 Å². The van der Waals surface area contributed by atoms with E-state index in [2.05, 4.69) is 23.6 Å². The van der Waals surface area contributed by atoms with Crippen molar-refractivity contribution >= 4 is 68.7 Å². The zero-order chi connectivity index (χ0) is 28.5. The van der Waals surface area contributed by atoms with Crippen LogP contribution in [-0.2, 0) is 11.3 Å². The predicted octanol–water partition coefficient (Wildman–Crippen LogP) is 9.67. The Kier molecular flexibility index (Phi) is 7.76. The van der Waals surface area contributed by atoms with Crippen LogP contribution in [0.1, 0.15) is 35.3 Å². The predicted molar refractivity (Wildman–Crippen MR) is 173 cm³/mol. The van der Waals surface area contributed by atoms with Crippen LogP contribution < -0.4 is 0 Å². The minimum Gasteiger partial charge on any atom is -0.340 e. The van der Waals surface area contributed by atoms with Gasteiger partial charge in [-0.05, 0) is 73.1 Å². The van der Waals surface area contributed by atoms with E-state index in [4.69, 9.17) is 28.2 Å². The van der Waals surface area contributed by atoms with Crippen LogP contribution in [0.3, 0.4) is 0 Å². The molecule has 0 bridgehead atoms. The van der Waals surface area contributed by atoms with E-state index in [0.29, 0.717) is 26.7 Å². The summed E-state index contributed by atoms with van der Waals surface area (Å²) in [4.78, 5) is 21.4. The molecule has 0 spiro atoms. The topological polar surface area (TPSA) is 37.6 Å². The molecule has 1 fully saturated rings. The van der Waals surface area contributed by atoms with Crippen molar-refractivity contribution in [3.8, 4) is 0 Å². The second kappa shape index (κ2) is 11.6. The maximum absolute atomic E-state index is 14.1. The molecule has 6 rings (SSSR count). The van der Waals surface area contributed by atoms with E-state index < -0.39 is 0 Å². The molecule has 1 saturated heterocycles. The number of thioether (sulfide) groups is 1. The standard InChI is InChI=1S/C34H27Cl2N3OS/c1-22(24-11-5-3-6-12-24)39-33(40)32(41-34(39)37-27-13-7-4-8-14-27)20-29-23(2)38(31-16-10-9-15-28(29)31)21-25-17-18-26(35)19-30(25)36/h3-20,22H,21H2,1-2H3/b32-20+,37-34?/t22-/m1/s1. The average molecular weight is 597 g/mol. The second-order valence-electron chi connectivity index (χ2n) is 9.94. The van der Waals surface area contributed by atoms with Crippen molar-refractivity contribution in [1.29, 1.82) is 0 Å². The molecule has 2 heterocycles. The van der Waals surface area contributed by atoms with E-state index in [1.165, 1.54) is 11.8 Å². The fraction of sp³-hybridized carbons (Fsp3) is 0.118. The van der Waals surface area contributed by atoms with Gasteiger partial charge >= 0.3 is 0 Å². The maximum atomic E-state index is 14.1. The quantitative estimate of drug-likeness (QED) is 0.183. The third kappa shape index (κ3) is 5.45. The highest BCUT2D eigenvalue weighted by Gasteiger charge is 2.37. The number of carbonyl (C=O) groups is 1. The van der Waals surface area contributed by atoms with Gasteiger partial charge in [0.1, 0.15) is 0 Å². The van der Waals surface area contributed by atoms with Gasteiger partial charge in [-0.3, -0.25) is 9.69 Å². The van der Waals surface area contributed by atoms with Gasteiger partial charge in [0.05, 0.1) is 16.6 Å². The number of halogens is 2. The van der Waals surface area contributed by atoms with Crippen LogP contribution in [-0.4, -0.2) is 20.5 Å². The molecule has 0 saturated carbocycles. The van der Waals surface area contributed by atoms with Gasteiger partial charge in [-0.2, -0.15) is 0 Å². The number of para-hydroxylation sites is 2. The number of amides is 1. The zero-order valence-electron chi connectivity index (χ0n) is 22.6. The number of aliphatic imine (C=N–C) groups is 1. The van der Waals surface area contributed by atoms with Gasteiger partial charge in [0.15, 0.2) is 5.17 Å². The lowest BCUT2D eigenvalue weighted by molar-refractivity contribution is -0.123. The smallest absolute Gasteiger partial charge is 0.267 e. The van der Waals surface area contributed by atoms with E-state index in [1.807, 2.05) is 97.9 Å². The van der Waals surface area contributed by atoms with Gasteiger partial charge in [-0.15, -0.1) is 0 Å². The average Bonchev–Trinajstić information content (AvgIpc) is 3.43. The van der Waals surface area contributed by atoms with Crippen LogP contribution in [0.4, 0.5) is 5.69 Å². The first-order valence-electron chi connectivity index (χ1n) is 13.3.